The Labute approximate surface area is 102 Å². The van der Waals surface area contributed by atoms with Gasteiger partial charge in [0.15, 0.2) is 0 Å². The van der Waals surface area contributed by atoms with E-state index in [9.17, 15) is 5.11 Å². The zero-order valence-electron chi connectivity index (χ0n) is 10.3. The Morgan fingerprint density at radius 2 is 2.47 bits per heavy atom. The molecule has 0 amide bonds. The number of pyridine rings is 1. The number of nitrogen functional groups attached to an aromatic ring is 1. The molecule has 0 saturated carbocycles. The molecule has 0 radical (unpaired) electrons. The molecule has 4 nitrogen and oxygen atoms in total. The second-order valence-corrected chi connectivity index (χ2v) is 4.93. The number of nitrogens with two attached hydrogens (primary N) is 1. The minimum absolute atomic E-state index is 0.311. The van der Waals surface area contributed by atoms with E-state index in [-0.39, 0.29) is 0 Å². The van der Waals surface area contributed by atoms with Crippen LogP contribution in [0.3, 0.4) is 0 Å². The first-order chi connectivity index (χ1) is 8.14. The summed E-state index contributed by atoms with van der Waals surface area (Å²) in [5.41, 5.74) is 6.14. The van der Waals surface area contributed by atoms with Gasteiger partial charge in [-0.2, -0.15) is 0 Å². The second kappa shape index (κ2) is 5.02. The van der Waals surface area contributed by atoms with Crippen molar-refractivity contribution in [2.75, 3.05) is 18.8 Å². The van der Waals surface area contributed by atoms with E-state index in [2.05, 4.69) is 17.2 Å². The summed E-state index contributed by atoms with van der Waals surface area (Å²) >= 11 is 0. The number of hydrogen-bond acceptors (Lipinski definition) is 4. The average Bonchev–Trinajstić information content (AvgIpc) is 2.29. The zero-order chi connectivity index (χ0) is 12.3. The van der Waals surface area contributed by atoms with Crippen LogP contribution < -0.4 is 11.1 Å². The van der Waals surface area contributed by atoms with Crippen molar-refractivity contribution in [2.24, 2.45) is 5.92 Å². The molecular weight excluding hydrogens is 214 g/mol. The average molecular weight is 235 g/mol. The lowest BCUT2D eigenvalue weighted by atomic mass is 9.76. The molecule has 0 bridgehead atoms. The summed E-state index contributed by atoms with van der Waals surface area (Å²) < 4.78 is 0. The maximum atomic E-state index is 10.8. The number of piperidine rings is 1. The molecule has 2 rings (SSSR count). The monoisotopic (exact) mass is 235 g/mol. The van der Waals surface area contributed by atoms with E-state index in [0.29, 0.717) is 18.2 Å². The summed E-state index contributed by atoms with van der Waals surface area (Å²) in [5.74, 6) is 0.832. The van der Waals surface area contributed by atoms with Crippen molar-refractivity contribution in [1.82, 2.24) is 10.3 Å². The van der Waals surface area contributed by atoms with Crippen LogP contribution in [0.2, 0.25) is 0 Å². The standard InChI is InChI=1S/C13H21N3O/c1-2-11-9-15-6-4-13(11,17)8-10-3-5-16-12(14)7-10/h3,5,7,11,15,17H,2,4,6,8-9H2,1H3,(H2,14,16). The predicted molar refractivity (Wildman–Crippen MR) is 68.6 cm³/mol. The molecule has 1 aromatic heterocycles. The number of nitrogens with one attached hydrogen (secondary N) is 1. The Balaban J connectivity index is 2.14. The van der Waals surface area contributed by atoms with E-state index >= 15 is 0 Å². The molecule has 0 spiro atoms. The first-order valence-corrected chi connectivity index (χ1v) is 6.27. The molecule has 1 aromatic rings. The SMILES string of the molecule is CCC1CNCCC1(O)Cc1ccnc(N)c1. The molecule has 1 aliphatic rings. The van der Waals surface area contributed by atoms with Crippen molar-refractivity contribution in [3.8, 4) is 0 Å². The third kappa shape index (κ3) is 2.76. The summed E-state index contributed by atoms with van der Waals surface area (Å²) in [5, 5.41) is 14.1. The topological polar surface area (TPSA) is 71.2 Å². The van der Waals surface area contributed by atoms with Gasteiger partial charge in [0.05, 0.1) is 5.60 Å². The number of nitrogens with zero attached hydrogens (tertiary/aromatic N) is 1. The Kier molecular flexibility index (Phi) is 3.64. The number of rotatable bonds is 3. The van der Waals surface area contributed by atoms with Crippen molar-refractivity contribution in [2.45, 2.75) is 31.8 Å². The molecule has 0 aliphatic carbocycles. The van der Waals surface area contributed by atoms with Gasteiger partial charge in [-0.3, -0.25) is 0 Å². The quantitative estimate of drug-likeness (QED) is 0.729. The summed E-state index contributed by atoms with van der Waals surface area (Å²) in [6.07, 6.45) is 4.16. The molecule has 1 aliphatic heterocycles. The molecule has 2 unspecified atom stereocenters. The van der Waals surface area contributed by atoms with Crippen molar-refractivity contribution < 1.29 is 5.11 Å². The number of anilines is 1. The van der Waals surface area contributed by atoms with Gasteiger partial charge in [-0.15, -0.1) is 0 Å². The fraction of sp³-hybridized carbons (Fsp3) is 0.615. The highest BCUT2D eigenvalue weighted by Crippen LogP contribution is 2.30. The van der Waals surface area contributed by atoms with Crippen LogP contribution in [-0.2, 0) is 6.42 Å². The van der Waals surface area contributed by atoms with Crippen LogP contribution in [0.1, 0.15) is 25.3 Å². The third-order valence-corrected chi connectivity index (χ3v) is 3.73. The lowest BCUT2D eigenvalue weighted by Gasteiger charge is -2.40. The smallest absolute Gasteiger partial charge is 0.123 e. The molecular formula is C13H21N3O. The van der Waals surface area contributed by atoms with Crippen LogP contribution >= 0.6 is 0 Å². The number of hydrogen-bond donors (Lipinski definition) is 3. The molecule has 1 fully saturated rings. The third-order valence-electron chi connectivity index (χ3n) is 3.73. The van der Waals surface area contributed by atoms with Gasteiger partial charge < -0.3 is 16.2 Å². The van der Waals surface area contributed by atoms with Gasteiger partial charge in [-0.1, -0.05) is 6.92 Å². The van der Waals surface area contributed by atoms with Crippen LogP contribution in [0.15, 0.2) is 18.3 Å². The summed E-state index contributed by atoms with van der Waals surface area (Å²) in [4.78, 5) is 3.98. The summed E-state index contributed by atoms with van der Waals surface area (Å²) in [6, 6.07) is 3.79. The van der Waals surface area contributed by atoms with E-state index in [0.717, 1.165) is 31.5 Å². The van der Waals surface area contributed by atoms with Crippen LogP contribution in [0.25, 0.3) is 0 Å². The van der Waals surface area contributed by atoms with E-state index < -0.39 is 5.60 Å². The minimum atomic E-state index is -0.603. The van der Waals surface area contributed by atoms with Gasteiger partial charge in [-0.25, -0.2) is 4.98 Å². The highest BCUT2D eigenvalue weighted by atomic mass is 16.3. The van der Waals surface area contributed by atoms with E-state index in [1.165, 1.54) is 0 Å². The lowest BCUT2D eigenvalue weighted by Crippen LogP contribution is -2.51. The van der Waals surface area contributed by atoms with Crippen LogP contribution in [-0.4, -0.2) is 28.8 Å². The van der Waals surface area contributed by atoms with E-state index in [1.54, 1.807) is 6.20 Å². The van der Waals surface area contributed by atoms with Gasteiger partial charge in [0.25, 0.3) is 0 Å². The van der Waals surface area contributed by atoms with Gasteiger partial charge in [0, 0.05) is 25.1 Å². The summed E-state index contributed by atoms with van der Waals surface area (Å²) in [6.45, 7) is 3.91. The fourth-order valence-electron chi connectivity index (χ4n) is 2.69. The maximum absolute atomic E-state index is 10.8. The molecule has 0 aromatic carbocycles. The van der Waals surface area contributed by atoms with Crippen LogP contribution in [0, 0.1) is 5.92 Å². The second-order valence-electron chi connectivity index (χ2n) is 4.93. The van der Waals surface area contributed by atoms with E-state index in [4.69, 9.17) is 5.73 Å². The Morgan fingerprint density at radius 1 is 1.65 bits per heavy atom. The van der Waals surface area contributed by atoms with Crippen molar-refractivity contribution >= 4 is 5.82 Å². The molecule has 1 saturated heterocycles. The number of aromatic nitrogens is 1. The van der Waals surface area contributed by atoms with Crippen LogP contribution in [0.5, 0.6) is 0 Å². The minimum Gasteiger partial charge on any atom is -0.389 e. The molecule has 2 heterocycles. The predicted octanol–water partition coefficient (Wildman–Crippen LogP) is 0.957. The Hall–Kier alpha value is -1.13. The first-order valence-electron chi connectivity index (χ1n) is 6.27. The van der Waals surface area contributed by atoms with Gasteiger partial charge >= 0.3 is 0 Å². The number of aliphatic hydroxyl groups is 1. The molecule has 4 heteroatoms. The normalized spacial score (nSPS) is 29.2. The largest absolute Gasteiger partial charge is 0.389 e. The molecule has 17 heavy (non-hydrogen) atoms. The maximum Gasteiger partial charge on any atom is 0.123 e. The highest BCUT2D eigenvalue weighted by Gasteiger charge is 2.37. The summed E-state index contributed by atoms with van der Waals surface area (Å²) in [7, 11) is 0. The van der Waals surface area contributed by atoms with Gasteiger partial charge in [0.1, 0.15) is 5.82 Å². The Bertz CT molecular complexity index is 383. The van der Waals surface area contributed by atoms with Crippen LogP contribution in [0.4, 0.5) is 5.82 Å². The zero-order valence-corrected chi connectivity index (χ0v) is 10.3. The fourth-order valence-corrected chi connectivity index (χ4v) is 2.69. The van der Waals surface area contributed by atoms with Crippen molar-refractivity contribution in [1.29, 1.82) is 0 Å². The molecule has 4 N–H and O–H groups in total. The van der Waals surface area contributed by atoms with Crippen molar-refractivity contribution in [3.05, 3.63) is 23.9 Å². The Morgan fingerprint density at radius 3 is 3.18 bits per heavy atom. The van der Waals surface area contributed by atoms with Gasteiger partial charge in [0.2, 0.25) is 0 Å². The van der Waals surface area contributed by atoms with E-state index in [1.807, 2.05) is 12.1 Å². The highest BCUT2D eigenvalue weighted by molar-refractivity contribution is 5.32. The van der Waals surface area contributed by atoms with Gasteiger partial charge in [-0.05, 0) is 37.1 Å². The first kappa shape index (κ1) is 12.3. The lowest BCUT2D eigenvalue weighted by molar-refractivity contribution is -0.0414. The van der Waals surface area contributed by atoms with Crippen molar-refractivity contribution in [3.63, 3.8) is 0 Å². The molecule has 2 atom stereocenters. The molecule has 94 valence electrons.